The SMILES string of the molecule is C=CC1(C)C=C(C)C=CC1O. The van der Waals surface area contributed by atoms with Crippen molar-refractivity contribution in [2.24, 2.45) is 5.41 Å². The highest BCUT2D eigenvalue weighted by atomic mass is 16.3. The molecule has 1 heteroatoms. The molecule has 0 fully saturated rings. The highest BCUT2D eigenvalue weighted by Crippen LogP contribution is 2.30. The summed E-state index contributed by atoms with van der Waals surface area (Å²) in [6.07, 6.45) is 7.12. The Morgan fingerprint density at radius 2 is 2.36 bits per heavy atom. The van der Waals surface area contributed by atoms with Gasteiger partial charge in [0, 0.05) is 5.41 Å². The van der Waals surface area contributed by atoms with Gasteiger partial charge in [-0.05, 0) is 13.8 Å². The Morgan fingerprint density at radius 3 is 2.82 bits per heavy atom. The van der Waals surface area contributed by atoms with Crippen molar-refractivity contribution in [3.05, 3.63) is 36.5 Å². The molecule has 0 radical (unpaired) electrons. The van der Waals surface area contributed by atoms with Gasteiger partial charge in [-0.2, -0.15) is 0 Å². The molecule has 0 spiro atoms. The minimum absolute atomic E-state index is 0.279. The maximum Gasteiger partial charge on any atom is 0.0846 e. The van der Waals surface area contributed by atoms with Crippen LogP contribution in [0.3, 0.4) is 0 Å². The molecule has 1 nitrogen and oxygen atoms in total. The fraction of sp³-hybridized carbons (Fsp3) is 0.400. The monoisotopic (exact) mass is 150 g/mol. The van der Waals surface area contributed by atoms with Gasteiger partial charge < -0.3 is 5.11 Å². The van der Waals surface area contributed by atoms with E-state index in [1.165, 1.54) is 5.57 Å². The van der Waals surface area contributed by atoms with E-state index in [1.54, 1.807) is 12.2 Å². The summed E-state index contributed by atoms with van der Waals surface area (Å²) < 4.78 is 0. The molecule has 0 aliphatic heterocycles. The Balaban J connectivity index is 2.98. The van der Waals surface area contributed by atoms with Crippen LogP contribution in [0.5, 0.6) is 0 Å². The molecule has 2 unspecified atom stereocenters. The summed E-state index contributed by atoms with van der Waals surface area (Å²) in [6, 6.07) is 0. The average Bonchev–Trinajstić information content (AvgIpc) is 1.98. The lowest BCUT2D eigenvalue weighted by molar-refractivity contribution is 0.142. The lowest BCUT2D eigenvalue weighted by Gasteiger charge is -2.29. The Bertz CT molecular complexity index is 225. The predicted octanol–water partition coefficient (Wildman–Crippen LogP) is 2.06. The Labute approximate surface area is 67.7 Å². The number of allylic oxidation sites excluding steroid dienone is 2. The third kappa shape index (κ3) is 1.43. The number of hydrogen-bond donors (Lipinski definition) is 1. The molecule has 1 rings (SSSR count). The van der Waals surface area contributed by atoms with Crippen LogP contribution in [0.1, 0.15) is 13.8 Å². The summed E-state index contributed by atoms with van der Waals surface area (Å²) in [6.45, 7) is 7.69. The van der Waals surface area contributed by atoms with Crippen LogP contribution in [-0.2, 0) is 0 Å². The van der Waals surface area contributed by atoms with Gasteiger partial charge in [-0.1, -0.05) is 29.9 Å². The molecular formula is C10H14O. The molecule has 0 saturated carbocycles. The Kier molecular flexibility index (Phi) is 2.01. The van der Waals surface area contributed by atoms with Crippen LogP contribution in [0.15, 0.2) is 36.5 Å². The largest absolute Gasteiger partial charge is 0.388 e. The van der Waals surface area contributed by atoms with Gasteiger partial charge in [-0.3, -0.25) is 0 Å². The van der Waals surface area contributed by atoms with E-state index in [2.05, 4.69) is 6.58 Å². The topological polar surface area (TPSA) is 20.2 Å². The Morgan fingerprint density at radius 1 is 1.73 bits per heavy atom. The minimum Gasteiger partial charge on any atom is -0.388 e. The van der Waals surface area contributed by atoms with Crippen LogP contribution in [0.2, 0.25) is 0 Å². The second-order valence-corrected chi connectivity index (χ2v) is 3.26. The van der Waals surface area contributed by atoms with E-state index in [0.717, 1.165) is 0 Å². The second kappa shape index (κ2) is 2.67. The first-order chi connectivity index (χ1) is 5.08. The molecule has 60 valence electrons. The zero-order valence-electron chi connectivity index (χ0n) is 7.04. The molecule has 0 aromatic rings. The van der Waals surface area contributed by atoms with E-state index in [0.29, 0.717) is 0 Å². The van der Waals surface area contributed by atoms with Gasteiger partial charge in [0.15, 0.2) is 0 Å². The number of aliphatic hydroxyl groups is 1. The zero-order valence-corrected chi connectivity index (χ0v) is 7.04. The van der Waals surface area contributed by atoms with Crippen molar-refractivity contribution in [1.82, 2.24) is 0 Å². The first kappa shape index (κ1) is 8.28. The van der Waals surface area contributed by atoms with Gasteiger partial charge in [-0.25, -0.2) is 0 Å². The molecule has 0 amide bonds. The van der Waals surface area contributed by atoms with Gasteiger partial charge in [0.05, 0.1) is 6.10 Å². The van der Waals surface area contributed by atoms with Crippen molar-refractivity contribution in [2.75, 3.05) is 0 Å². The fourth-order valence-corrected chi connectivity index (χ4v) is 1.25. The van der Waals surface area contributed by atoms with Crippen molar-refractivity contribution in [2.45, 2.75) is 20.0 Å². The van der Waals surface area contributed by atoms with Gasteiger partial charge in [0.1, 0.15) is 0 Å². The number of hydrogen-bond acceptors (Lipinski definition) is 1. The molecule has 0 heterocycles. The maximum atomic E-state index is 9.54. The molecule has 1 N–H and O–H groups in total. The lowest BCUT2D eigenvalue weighted by atomic mass is 9.79. The minimum atomic E-state index is -0.427. The summed E-state index contributed by atoms with van der Waals surface area (Å²) in [5.74, 6) is 0. The van der Waals surface area contributed by atoms with Crippen molar-refractivity contribution in [3.63, 3.8) is 0 Å². The molecule has 1 aliphatic rings. The summed E-state index contributed by atoms with van der Waals surface area (Å²) in [4.78, 5) is 0. The summed E-state index contributed by atoms with van der Waals surface area (Å²) >= 11 is 0. The van der Waals surface area contributed by atoms with Crippen LogP contribution in [0, 0.1) is 5.41 Å². The van der Waals surface area contributed by atoms with Crippen LogP contribution in [0.25, 0.3) is 0 Å². The second-order valence-electron chi connectivity index (χ2n) is 3.26. The van der Waals surface area contributed by atoms with Gasteiger partial charge in [0.25, 0.3) is 0 Å². The first-order valence-corrected chi connectivity index (χ1v) is 3.78. The quantitative estimate of drug-likeness (QED) is 0.567. The molecule has 0 aromatic carbocycles. The number of rotatable bonds is 1. The summed E-state index contributed by atoms with van der Waals surface area (Å²) in [5, 5.41) is 9.54. The van der Waals surface area contributed by atoms with Crippen molar-refractivity contribution in [1.29, 1.82) is 0 Å². The number of aliphatic hydroxyl groups excluding tert-OH is 1. The normalized spacial score (nSPS) is 36.6. The fourth-order valence-electron chi connectivity index (χ4n) is 1.25. The molecule has 1 aliphatic carbocycles. The molecule has 0 aromatic heterocycles. The third-order valence-electron chi connectivity index (χ3n) is 2.16. The van der Waals surface area contributed by atoms with E-state index in [1.807, 2.05) is 26.0 Å². The summed E-state index contributed by atoms with van der Waals surface area (Å²) in [5.41, 5.74) is 0.899. The standard InChI is InChI=1S/C10H14O/c1-4-10(3)7-8(2)5-6-9(10)11/h4-7,9,11H,1H2,2-3H3. The van der Waals surface area contributed by atoms with E-state index in [9.17, 15) is 5.11 Å². The van der Waals surface area contributed by atoms with Crippen LogP contribution < -0.4 is 0 Å². The van der Waals surface area contributed by atoms with Gasteiger partial charge in [-0.15, -0.1) is 6.58 Å². The highest BCUT2D eigenvalue weighted by molar-refractivity contribution is 5.30. The Hall–Kier alpha value is -0.820. The predicted molar refractivity (Wildman–Crippen MR) is 47.2 cm³/mol. The molecular weight excluding hydrogens is 136 g/mol. The lowest BCUT2D eigenvalue weighted by Crippen LogP contribution is -2.28. The van der Waals surface area contributed by atoms with Crippen molar-refractivity contribution < 1.29 is 5.11 Å². The first-order valence-electron chi connectivity index (χ1n) is 3.78. The highest BCUT2D eigenvalue weighted by Gasteiger charge is 2.27. The zero-order chi connectivity index (χ0) is 8.48. The summed E-state index contributed by atoms with van der Waals surface area (Å²) in [7, 11) is 0. The third-order valence-corrected chi connectivity index (χ3v) is 2.16. The smallest absolute Gasteiger partial charge is 0.0846 e. The molecule has 11 heavy (non-hydrogen) atoms. The average molecular weight is 150 g/mol. The molecule has 2 atom stereocenters. The van der Waals surface area contributed by atoms with Crippen molar-refractivity contribution >= 4 is 0 Å². The van der Waals surface area contributed by atoms with E-state index in [4.69, 9.17) is 0 Å². The van der Waals surface area contributed by atoms with E-state index >= 15 is 0 Å². The van der Waals surface area contributed by atoms with E-state index in [-0.39, 0.29) is 5.41 Å². The van der Waals surface area contributed by atoms with E-state index < -0.39 is 6.10 Å². The van der Waals surface area contributed by atoms with Crippen LogP contribution in [0.4, 0.5) is 0 Å². The van der Waals surface area contributed by atoms with Crippen molar-refractivity contribution in [3.8, 4) is 0 Å². The van der Waals surface area contributed by atoms with Gasteiger partial charge >= 0.3 is 0 Å². The molecule has 0 bridgehead atoms. The van der Waals surface area contributed by atoms with Crippen LogP contribution >= 0.6 is 0 Å². The van der Waals surface area contributed by atoms with Gasteiger partial charge in [0.2, 0.25) is 0 Å². The van der Waals surface area contributed by atoms with Crippen LogP contribution in [-0.4, -0.2) is 11.2 Å². The maximum absolute atomic E-state index is 9.54. The molecule has 0 saturated heterocycles.